The van der Waals surface area contributed by atoms with E-state index in [1.807, 2.05) is 33.8 Å². The van der Waals surface area contributed by atoms with E-state index < -0.39 is 5.60 Å². The van der Waals surface area contributed by atoms with Gasteiger partial charge in [-0.1, -0.05) is 32.8 Å². The van der Waals surface area contributed by atoms with Crippen molar-refractivity contribution in [2.75, 3.05) is 0 Å². The van der Waals surface area contributed by atoms with Gasteiger partial charge in [-0.05, 0) is 19.8 Å². The summed E-state index contributed by atoms with van der Waals surface area (Å²) in [6, 6.07) is 0. The van der Waals surface area contributed by atoms with E-state index in [9.17, 15) is 5.11 Å². The molecule has 0 amide bonds. The molecule has 0 aromatic carbocycles. The molecule has 0 bridgehead atoms. The summed E-state index contributed by atoms with van der Waals surface area (Å²) in [4.78, 5) is 0. The number of rotatable bonds is 2. The molecule has 0 spiro atoms. The Morgan fingerprint density at radius 1 is 1.50 bits per heavy atom. The van der Waals surface area contributed by atoms with Crippen LogP contribution in [0.1, 0.15) is 40.5 Å². The van der Waals surface area contributed by atoms with E-state index in [1.165, 1.54) is 0 Å². The van der Waals surface area contributed by atoms with E-state index >= 15 is 0 Å². The maximum absolute atomic E-state index is 10.5. The zero-order chi connectivity index (χ0) is 12.4. The first-order valence-electron chi connectivity index (χ1n) is 5.84. The van der Waals surface area contributed by atoms with Crippen LogP contribution in [0.15, 0.2) is 12.3 Å². The van der Waals surface area contributed by atoms with Gasteiger partial charge in [0.2, 0.25) is 0 Å². The quantitative estimate of drug-likeness (QED) is 0.575. The van der Waals surface area contributed by atoms with Gasteiger partial charge in [-0.25, -0.2) is 0 Å². The second-order valence-corrected chi connectivity index (χ2v) is 5.36. The van der Waals surface area contributed by atoms with Crippen molar-refractivity contribution in [3.8, 4) is 12.3 Å². The molecule has 1 aliphatic rings. The zero-order valence-corrected chi connectivity index (χ0v) is 10.7. The fraction of sp³-hybridized carbons (Fsp3) is 0.714. The summed E-state index contributed by atoms with van der Waals surface area (Å²) in [6.07, 6.45) is 10.8. The highest BCUT2D eigenvalue weighted by Gasteiger charge is 2.51. The Labute approximate surface area is 98.7 Å². The van der Waals surface area contributed by atoms with Crippen molar-refractivity contribution in [2.45, 2.75) is 52.2 Å². The number of allylic oxidation sites excluding steroid dienone is 1. The second-order valence-electron chi connectivity index (χ2n) is 5.36. The number of ether oxygens (including phenoxy) is 1. The van der Waals surface area contributed by atoms with Gasteiger partial charge in [-0.3, -0.25) is 0 Å². The molecule has 90 valence electrons. The highest BCUT2D eigenvalue weighted by molar-refractivity contribution is 5.19. The Bertz CT molecular complexity index is 311. The van der Waals surface area contributed by atoms with E-state index in [0.717, 1.165) is 12.8 Å². The molecule has 1 unspecified atom stereocenters. The van der Waals surface area contributed by atoms with Gasteiger partial charge in [0.1, 0.15) is 5.60 Å². The largest absolute Gasteiger partial charge is 0.498 e. The summed E-state index contributed by atoms with van der Waals surface area (Å²) >= 11 is 0. The van der Waals surface area contributed by atoms with Gasteiger partial charge >= 0.3 is 0 Å². The Morgan fingerprint density at radius 3 is 2.56 bits per heavy atom. The van der Waals surface area contributed by atoms with E-state index in [1.54, 1.807) is 6.26 Å². The molecule has 3 atom stereocenters. The van der Waals surface area contributed by atoms with Crippen molar-refractivity contribution in [3.63, 3.8) is 0 Å². The van der Waals surface area contributed by atoms with Crippen LogP contribution in [0.2, 0.25) is 0 Å². The average molecular weight is 222 g/mol. The smallest absolute Gasteiger partial charge is 0.133 e. The summed E-state index contributed by atoms with van der Waals surface area (Å²) in [5.74, 6) is 2.63. The minimum Gasteiger partial charge on any atom is -0.498 e. The van der Waals surface area contributed by atoms with Gasteiger partial charge in [0.25, 0.3) is 0 Å². The van der Waals surface area contributed by atoms with Crippen LogP contribution < -0.4 is 0 Å². The molecule has 1 N–H and O–H groups in total. The number of terminal acetylenes is 1. The SMILES string of the molecule is C#C[C@@]1(O)[C@@H](C)CC(OC=CC)CC1(C)C. The minimum atomic E-state index is -1.03. The van der Waals surface area contributed by atoms with Gasteiger partial charge in [0, 0.05) is 11.3 Å². The molecule has 0 saturated heterocycles. The lowest BCUT2D eigenvalue weighted by Gasteiger charge is -2.49. The monoisotopic (exact) mass is 222 g/mol. The Morgan fingerprint density at radius 2 is 2.12 bits per heavy atom. The highest BCUT2D eigenvalue weighted by atomic mass is 16.5. The summed E-state index contributed by atoms with van der Waals surface area (Å²) in [7, 11) is 0. The van der Waals surface area contributed by atoms with Crippen LogP contribution in [0.25, 0.3) is 0 Å². The molecule has 0 radical (unpaired) electrons. The van der Waals surface area contributed by atoms with Crippen LogP contribution in [-0.4, -0.2) is 16.8 Å². The van der Waals surface area contributed by atoms with E-state index in [2.05, 4.69) is 5.92 Å². The summed E-state index contributed by atoms with van der Waals surface area (Å²) in [5.41, 5.74) is -1.34. The Balaban J connectivity index is 2.85. The standard InChI is InChI=1S/C14H22O2/c1-6-8-16-12-9-11(3)14(15,7-2)13(4,5)10-12/h2,6,8,11-12,15H,9-10H2,1,3-5H3/t11-,12?,14+/m0/s1. The lowest BCUT2D eigenvalue weighted by atomic mass is 9.60. The van der Waals surface area contributed by atoms with Crippen molar-refractivity contribution in [2.24, 2.45) is 11.3 Å². The molecule has 1 rings (SSSR count). The van der Waals surface area contributed by atoms with E-state index in [4.69, 9.17) is 11.2 Å². The van der Waals surface area contributed by atoms with Gasteiger partial charge < -0.3 is 9.84 Å². The molecule has 2 heteroatoms. The first-order chi connectivity index (χ1) is 7.37. The van der Waals surface area contributed by atoms with Crippen molar-refractivity contribution in [1.29, 1.82) is 0 Å². The zero-order valence-electron chi connectivity index (χ0n) is 10.7. The van der Waals surface area contributed by atoms with Crippen molar-refractivity contribution in [3.05, 3.63) is 12.3 Å². The van der Waals surface area contributed by atoms with E-state index in [0.29, 0.717) is 0 Å². The molecule has 0 heterocycles. The molecule has 1 fully saturated rings. The van der Waals surface area contributed by atoms with Crippen molar-refractivity contribution < 1.29 is 9.84 Å². The topological polar surface area (TPSA) is 29.5 Å². The number of hydrogen-bond acceptors (Lipinski definition) is 2. The molecule has 0 aromatic rings. The minimum absolute atomic E-state index is 0.0523. The average Bonchev–Trinajstić information content (AvgIpc) is 2.22. The Kier molecular flexibility index (Phi) is 3.70. The molecule has 1 saturated carbocycles. The molecule has 0 aliphatic heterocycles. The van der Waals surface area contributed by atoms with Crippen LogP contribution in [0.3, 0.4) is 0 Å². The van der Waals surface area contributed by atoms with Gasteiger partial charge in [-0.2, -0.15) is 0 Å². The maximum Gasteiger partial charge on any atom is 0.133 e. The van der Waals surface area contributed by atoms with Crippen LogP contribution in [0.4, 0.5) is 0 Å². The Hall–Kier alpha value is -0.940. The predicted molar refractivity (Wildman–Crippen MR) is 65.6 cm³/mol. The third kappa shape index (κ3) is 2.10. The van der Waals surface area contributed by atoms with Crippen molar-refractivity contribution in [1.82, 2.24) is 0 Å². The summed E-state index contributed by atoms with van der Waals surface area (Å²) in [5, 5.41) is 10.5. The number of aliphatic hydroxyl groups is 1. The van der Waals surface area contributed by atoms with Crippen molar-refractivity contribution >= 4 is 0 Å². The number of hydrogen-bond donors (Lipinski definition) is 1. The summed E-state index contributed by atoms with van der Waals surface area (Å²) in [6.45, 7) is 7.94. The first-order valence-corrected chi connectivity index (χ1v) is 5.84. The fourth-order valence-electron chi connectivity index (χ4n) is 2.67. The lowest BCUT2D eigenvalue weighted by Crippen LogP contribution is -2.54. The lowest BCUT2D eigenvalue weighted by molar-refractivity contribution is -0.122. The third-order valence-corrected chi connectivity index (χ3v) is 3.73. The molecule has 16 heavy (non-hydrogen) atoms. The molecule has 0 aromatic heterocycles. The van der Waals surface area contributed by atoms with Crippen LogP contribution in [-0.2, 0) is 4.74 Å². The molecule has 2 nitrogen and oxygen atoms in total. The van der Waals surface area contributed by atoms with Crippen LogP contribution in [0.5, 0.6) is 0 Å². The summed E-state index contributed by atoms with van der Waals surface area (Å²) < 4.78 is 5.62. The first kappa shape index (κ1) is 13.1. The van der Waals surface area contributed by atoms with Crippen LogP contribution in [0, 0.1) is 23.7 Å². The van der Waals surface area contributed by atoms with Crippen LogP contribution >= 0.6 is 0 Å². The highest BCUT2D eigenvalue weighted by Crippen LogP contribution is 2.47. The third-order valence-electron chi connectivity index (χ3n) is 3.73. The fourth-order valence-corrected chi connectivity index (χ4v) is 2.67. The second kappa shape index (κ2) is 4.51. The molecular formula is C14H22O2. The van der Waals surface area contributed by atoms with Gasteiger partial charge in [-0.15, -0.1) is 6.42 Å². The maximum atomic E-state index is 10.5. The molecule has 1 aliphatic carbocycles. The van der Waals surface area contributed by atoms with Gasteiger partial charge in [0.15, 0.2) is 0 Å². The molecular weight excluding hydrogens is 200 g/mol. The predicted octanol–water partition coefficient (Wildman–Crippen LogP) is 2.73. The van der Waals surface area contributed by atoms with Gasteiger partial charge in [0.05, 0.1) is 12.4 Å². The normalized spacial score (nSPS) is 38.2. The van der Waals surface area contributed by atoms with E-state index in [-0.39, 0.29) is 17.4 Å².